The van der Waals surface area contributed by atoms with Crippen LogP contribution in [0.4, 0.5) is 22.7 Å². The highest BCUT2D eigenvalue weighted by Crippen LogP contribution is 2.22. The molecule has 0 aliphatic carbocycles. The molecule has 6 nitrogen and oxygen atoms in total. The van der Waals surface area contributed by atoms with Crippen LogP contribution in [0.2, 0.25) is 0 Å². The van der Waals surface area contributed by atoms with Crippen LogP contribution < -0.4 is 20.7 Å². The molecule has 0 aliphatic rings. The van der Waals surface area contributed by atoms with E-state index >= 15 is 0 Å². The van der Waals surface area contributed by atoms with Crippen LogP contribution in [0.25, 0.3) is 0 Å². The normalized spacial score (nSPS) is 10.5. The van der Waals surface area contributed by atoms with E-state index < -0.39 is 0 Å². The first-order chi connectivity index (χ1) is 17.0. The van der Waals surface area contributed by atoms with Crippen LogP contribution in [0.3, 0.4) is 0 Å². The maximum atomic E-state index is 13.0. The Hall–Kier alpha value is -4.58. The minimum Gasteiger partial charge on any atom is -0.491 e. The highest BCUT2D eigenvalue weighted by atomic mass is 16.5. The molecule has 0 spiro atoms. The van der Waals surface area contributed by atoms with Gasteiger partial charge in [-0.05, 0) is 86.6 Å². The SMILES string of the molecule is CC(C)Oc1ccc(C(=O)Nc2ccccc2C(=O)Nc2ccc(Nc3ccccc3)cc2)cc1. The van der Waals surface area contributed by atoms with Crippen molar-refractivity contribution >= 4 is 34.6 Å². The van der Waals surface area contributed by atoms with E-state index in [9.17, 15) is 9.59 Å². The van der Waals surface area contributed by atoms with Crippen LogP contribution in [0.15, 0.2) is 103 Å². The summed E-state index contributed by atoms with van der Waals surface area (Å²) in [7, 11) is 0. The third kappa shape index (κ3) is 6.48. The van der Waals surface area contributed by atoms with Crippen molar-refractivity contribution in [1.29, 1.82) is 0 Å². The van der Waals surface area contributed by atoms with Crippen LogP contribution in [-0.2, 0) is 0 Å². The van der Waals surface area contributed by atoms with E-state index in [-0.39, 0.29) is 17.9 Å². The summed E-state index contributed by atoms with van der Waals surface area (Å²) >= 11 is 0. The fourth-order valence-electron chi connectivity index (χ4n) is 3.47. The summed E-state index contributed by atoms with van der Waals surface area (Å²) in [6, 6.07) is 31.1. The molecule has 0 aliphatic heterocycles. The molecule has 4 aromatic carbocycles. The predicted octanol–water partition coefficient (Wildman–Crippen LogP) is 6.72. The summed E-state index contributed by atoms with van der Waals surface area (Å²) in [5, 5.41) is 9.04. The summed E-state index contributed by atoms with van der Waals surface area (Å²) in [5.41, 5.74) is 3.81. The van der Waals surface area contributed by atoms with Gasteiger partial charge in [0.15, 0.2) is 0 Å². The summed E-state index contributed by atoms with van der Waals surface area (Å²) in [4.78, 5) is 25.8. The van der Waals surface area contributed by atoms with E-state index in [4.69, 9.17) is 4.74 Å². The molecular formula is C29H27N3O3. The van der Waals surface area contributed by atoms with E-state index in [1.807, 2.05) is 68.4 Å². The Balaban J connectivity index is 1.41. The van der Waals surface area contributed by atoms with Gasteiger partial charge in [-0.1, -0.05) is 30.3 Å². The topological polar surface area (TPSA) is 79.5 Å². The Bertz CT molecular complexity index is 1290. The zero-order chi connectivity index (χ0) is 24.6. The molecule has 4 aromatic rings. The van der Waals surface area contributed by atoms with Crippen molar-refractivity contribution < 1.29 is 14.3 Å². The predicted molar refractivity (Wildman–Crippen MR) is 141 cm³/mol. The number of ether oxygens (including phenoxy) is 1. The zero-order valence-electron chi connectivity index (χ0n) is 19.6. The highest BCUT2D eigenvalue weighted by molar-refractivity contribution is 6.12. The number of para-hydroxylation sites is 2. The van der Waals surface area contributed by atoms with Gasteiger partial charge in [0.25, 0.3) is 11.8 Å². The van der Waals surface area contributed by atoms with Gasteiger partial charge in [0.05, 0.1) is 17.4 Å². The lowest BCUT2D eigenvalue weighted by molar-refractivity contribution is 0.102. The van der Waals surface area contributed by atoms with E-state index in [1.165, 1.54) is 0 Å². The molecule has 0 aromatic heterocycles. The molecule has 176 valence electrons. The van der Waals surface area contributed by atoms with Crippen LogP contribution in [0.1, 0.15) is 34.6 Å². The van der Waals surface area contributed by atoms with Gasteiger partial charge in [0.1, 0.15) is 5.75 Å². The Morgan fingerprint density at radius 1 is 0.629 bits per heavy atom. The number of carbonyl (C=O) groups excluding carboxylic acids is 2. The maximum Gasteiger partial charge on any atom is 0.257 e. The fraction of sp³-hybridized carbons (Fsp3) is 0.103. The average Bonchev–Trinajstić information content (AvgIpc) is 2.86. The molecule has 4 rings (SSSR count). The lowest BCUT2D eigenvalue weighted by Crippen LogP contribution is -2.18. The molecule has 0 atom stereocenters. The number of carbonyl (C=O) groups is 2. The molecule has 0 saturated carbocycles. The van der Waals surface area contributed by atoms with E-state index in [2.05, 4.69) is 16.0 Å². The minimum absolute atomic E-state index is 0.0522. The minimum atomic E-state index is -0.314. The van der Waals surface area contributed by atoms with Gasteiger partial charge in [0.2, 0.25) is 0 Å². The van der Waals surface area contributed by atoms with Gasteiger partial charge in [-0.15, -0.1) is 0 Å². The third-order valence-corrected chi connectivity index (χ3v) is 5.11. The molecule has 0 fully saturated rings. The van der Waals surface area contributed by atoms with Gasteiger partial charge in [0, 0.05) is 22.6 Å². The quantitative estimate of drug-likeness (QED) is 0.270. The number of anilines is 4. The number of benzene rings is 4. The smallest absolute Gasteiger partial charge is 0.257 e. The first-order valence-corrected chi connectivity index (χ1v) is 11.4. The lowest BCUT2D eigenvalue weighted by atomic mass is 10.1. The Labute approximate surface area is 205 Å². The number of amides is 2. The molecule has 6 heteroatoms. The largest absolute Gasteiger partial charge is 0.491 e. The van der Waals surface area contributed by atoms with Crippen LogP contribution in [0.5, 0.6) is 5.75 Å². The first-order valence-electron chi connectivity index (χ1n) is 11.4. The fourth-order valence-corrected chi connectivity index (χ4v) is 3.47. The lowest BCUT2D eigenvalue weighted by Gasteiger charge is -2.13. The van der Waals surface area contributed by atoms with Gasteiger partial charge in [-0.3, -0.25) is 9.59 Å². The Morgan fingerprint density at radius 3 is 1.91 bits per heavy atom. The van der Waals surface area contributed by atoms with Crippen LogP contribution >= 0.6 is 0 Å². The molecular weight excluding hydrogens is 438 g/mol. The number of hydrogen-bond acceptors (Lipinski definition) is 4. The highest BCUT2D eigenvalue weighted by Gasteiger charge is 2.15. The molecule has 35 heavy (non-hydrogen) atoms. The molecule has 0 heterocycles. The first kappa shape index (κ1) is 23.6. The summed E-state index contributed by atoms with van der Waals surface area (Å²) < 4.78 is 5.62. The van der Waals surface area contributed by atoms with Crippen molar-refractivity contribution in [3.63, 3.8) is 0 Å². The molecule has 0 unspecified atom stereocenters. The second-order valence-electron chi connectivity index (χ2n) is 8.21. The zero-order valence-corrected chi connectivity index (χ0v) is 19.6. The molecule has 0 saturated heterocycles. The Kier molecular flexibility index (Phi) is 7.43. The second-order valence-corrected chi connectivity index (χ2v) is 8.21. The standard InChI is InChI=1S/C29H27N3O3/c1-20(2)35-25-18-12-21(13-19-25)28(33)32-27-11-7-6-10-26(27)29(34)31-24-16-14-23(15-17-24)30-22-8-4-3-5-9-22/h3-20,30H,1-2H3,(H,31,34)(H,32,33). The second kappa shape index (κ2) is 11.0. The van der Waals surface area contributed by atoms with Crippen molar-refractivity contribution in [3.05, 3.63) is 114 Å². The van der Waals surface area contributed by atoms with Crippen LogP contribution in [-0.4, -0.2) is 17.9 Å². The maximum absolute atomic E-state index is 13.0. The van der Waals surface area contributed by atoms with Crippen molar-refractivity contribution in [3.8, 4) is 5.75 Å². The average molecular weight is 466 g/mol. The molecule has 3 N–H and O–H groups in total. The molecule has 0 radical (unpaired) electrons. The third-order valence-electron chi connectivity index (χ3n) is 5.11. The van der Waals surface area contributed by atoms with Crippen molar-refractivity contribution in [2.24, 2.45) is 0 Å². The van der Waals surface area contributed by atoms with E-state index in [0.717, 1.165) is 11.4 Å². The summed E-state index contributed by atoms with van der Waals surface area (Å²) in [6.45, 7) is 3.89. The van der Waals surface area contributed by atoms with Crippen molar-refractivity contribution in [2.45, 2.75) is 20.0 Å². The van der Waals surface area contributed by atoms with Gasteiger partial charge < -0.3 is 20.7 Å². The number of rotatable bonds is 8. The summed E-state index contributed by atoms with van der Waals surface area (Å²) in [6.07, 6.45) is 0.0522. The monoisotopic (exact) mass is 465 g/mol. The molecule has 0 bridgehead atoms. The van der Waals surface area contributed by atoms with E-state index in [0.29, 0.717) is 28.3 Å². The van der Waals surface area contributed by atoms with Gasteiger partial charge in [-0.2, -0.15) is 0 Å². The van der Waals surface area contributed by atoms with Crippen LogP contribution in [0, 0.1) is 0 Å². The summed E-state index contributed by atoms with van der Waals surface area (Å²) in [5.74, 6) is 0.0735. The van der Waals surface area contributed by atoms with Crippen molar-refractivity contribution in [1.82, 2.24) is 0 Å². The number of hydrogen-bond donors (Lipinski definition) is 3. The Morgan fingerprint density at radius 2 is 1.23 bits per heavy atom. The number of nitrogens with one attached hydrogen (secondary N) is 3. The molecule has 2 amide bonds. The van der Waals surface area contributed by atoms with E-state index in [1.54, 1.807) is 48.5 Å². The van der Waals surface area contributed by atoms with Gasteiger partial charge >= 0.3 is 0 Å². The van der Waals surface area contributed by atoms with Crippen molar-refractivity contribution in [2.75, 3.05) is 16.0 Å². The van der Waals surface area contributed by atoms with Gasteiger partial charge in [-0.25, -0.2) is 0 Å².